The molecule has 0 spiro atoms. The van der Waals surface area contributed by atoms with Crippen LogP contribution in [-0.2, 0) is 9.59 Å². The van der Waals surface area contributed by atoms with Gasteiger partial charge in [-0.15, -0.1) is 0 Å². The van der Waals surface area contributed by atoms with E-state index in [1.165, 1.54) is 0 Å². The van der Waals surface area contributed by atoms with Gasteiger partial charge in [0.05, 0.1) is 4.99 Å². The van der Waals surface area contributed by atoms with Crippen molar-refractivity contribution in [1.29, 1.82) is 0 Å². The molecule has 1 aromatic rings. The summed E-state index contributed by atoms with van der Waals surface area (Å²) in [4.78, 5) is 24.5. The smallest absolute Gasteiger partial charge is 0.150 e. The predicted molar refractivity (Wildman–Crippen MR) is 79.2 cm³/mol. The fraction of sp³-hybridized carbons (Fsp3) is 0.400. The van der Waals surface area contributed by atoms with Gasteiger partial charge in [-0.25, -0.2) is 0 Å². The van der Waals surface area contributed by atoms with E-state index in [1.54, 1.807) is 0 Å². The molecular weight excluding hydrogens is 258 g/mol. The first kappa shape index (κ1) is 13.9. The second-order valence-electron chi connectivity index (χ2n) is 5.74. The number of hydrogen-bond donors (Lipinski definition) is 1. The van der Waals surface area contributed by atoms with Gasteiger partial charge in [0.15, 0.2) is 11.6 Å². The highest BCUT2D eigenvalue weighted by atomic mass is 32.1. The molecule has 1 aliphatic rings. The van der Waals surface area contributed by atoms with Crippen LogP contribution in [0.3, 0.4) is 0 Å². The van der Waals surface area contributed by atoms with Gasteiger partial charge in [-0.05, 0) is 17.5 Å². The Morgan fingerprint density at radius 2 is 1.68 bits per heavy atom. The monoisotopic (exact) mass is 275 g/mol. The summed E-state index contributed by atoms with van der Waals surface area (Å²) < 4.78 is 0. The lowest BCUT2D eigenvalue weighted by molar-refractivity contribution is -0.136. The Kier molecular flexibility index (Phi) is 3.80. The van der Waals surface area contributed by atoms with E-state index in [0.29, 0.717) is 17.8 Å². The van der Waals surface area contributed by atoms with Crippen LogP contribution in [0.25, 0.3) is 0 Å². The van der Waals surface area contributed by atoms with Crippen LogP contribution in [0.15, 0.2) is 30.3 Å². The molecule has 0 heterocycles. The lowest BCUT2D eigenvalue weighted by Gasteiger charge is -2.32. The minimum Gasteiger partial charge on any atom is -0.349 e. The number of carbonyl (C=O) groups excluding carboxylic acids is 2. The molecule has 1 saturated carbocycles. The first-order chi connectivity index (χ1) is 8.89. The third-order valence-corrected chi connectivity index (χ3v) is 3.59. The fourth-order valence-electron chi connectivity index (χ4n) is 2.42. The van der Waals surface area contributed by atoms with Crippen molar-refractivity contribution in [2.24, 2.45) is 11.3 Å². The average molecular weight is 275 g/mol. The highest BCUT2D eigenvalue weighted by molar-refractivity contribution is 7.80. The molecule has 19 heavy (non-hydrogen) atoms. The minimum atomic E-state index is -0.775. The normalized spacial score (nSPS) is 19.3. The Hall–Kier alpha value is -1.55. The Balaban J connectivity index is 2.11. The quantitative estimate of drug-likeness (QED) is 0.666. The van der Waals surface area contributed by atoms with Crippen molar-refractivity contribution < 1.29 is 9.59 Å². The van der Waals surface area contributed by atoms with Crippen molar-refractivity contribution in [2.45, 2.75) is 26.7 Å². The Morgan fingerprint density at radius 3 is 2.21 bits per heavy atom. The maximum Gasteiger partial charge on any atom is 0.150 e. The number of rotatable bonds is 2. The van der Waals surface area contributed by atoms with Crippen molar-refractivity contribution in [1.82, 2.24) is 0 Å². The van der Waals surface area contributed by atoms with E-state index >= 15 is 0 Å². The topological polar surface area (TPSA) is 46.2 Å². The summed E-state index contributed by atoms with van der Waals surface area (Å²) in [7, 11) is 0. The van der Waals surface area contributed by atoms with Gasteiger partial charge in [0.25, 0.3) is 0 Å². The molecule has 1 aromatic carbocycles. The number of Topliss-reactive ketones (excluding diaryl/α,β-unsaturated/α-hetero) is 2. The largest absolute Gasteiger partial charge is 0.349 e. The van der Waals surface area contributed by atoms with E-state index in [0.717, 1.165) is 5.69 Å². The first-order valence-electron chi connectivity index (χ1n) is 6.30. The van der Waals surface area contributed by atoms with E-state index in [1.807, 2.05) is 44.2 Å². The third kappa shape index (κ3) is 3.26. The summed E-state index contributed by atoms with van der Waals surface area (Å²) in [5.41, 5.74) is 0.561. The van der Waals surface area contributed by atoms with Crippen molar-refractivity contribution in [3.8, 4) is 0 Å². The predicted octanol–water partition coefficient (Wildman–Crippen LogP) is 3.00. The highest BCUT2D eigenvalue weighted by Crippen LogP contribution is 2.34. The Bertz CT molecular complexity index is 502. The number of carbonyl (C=O) groups is 2. The second-order valence-corrected chi connectivity index (χ2v) is 6.18. The van der Waals surface area contributed by atoms with Crippen LogP contribution < -0.4 is 5.32 Å². The molecule has 0 saturated heterocycles. The highest BCUT2D eigenvalue weighted by Gasteiger charge is 2.41. The maximum absolute atomic E-state index is 12.1. The standard InChI is InChI=1S/C15H17NO2S/c1-15(2)8-11(17)13(12(18)9-15)14(19)16-10-6-4-3-5-7-10/h3-7,13H,8-9H2,1-2H3,(H,16,19). The lowest BCUT2D eigenvalue weighted by atomic mass is 9.71. The number of nitrogens with one attached hydrogen (secondary N) is 1. The van der Waals surface area contributed by atoms with Gasteiger partial charge in [-0.3, -0.25) is 9.59 Å². The summed E-state index contributed by atoms with van der Waals surface area (Å²) in [5.74, 6) is -0.924. The molecule has 1 fully saturated rings. The SMILES string of the molecule is CC1(C)CC(=O)C(C(=S)Nc2ccccc2)C(=O)C1. The zero-order valence-electron chi connectivity index (χ0n) is 11.1. The van der Waals surface area contributed by atoms with Gasteiger partial charge in [0.1, 0.15) is 5.92 Å². The molecule has 1 aliphatic carbocycles. The van der Waals surface area contributed by atoms with Gasteiger partial charge in [0.2, 0.25) is 0 Å². The van der Waals surface area contributed by atoms with Crippen LogP contribution in [0.5, 0.6) is 0 Å². The van der Waals surface area contributed by atoms with E-state index in [2.05, 4.69) is 5.32 Å². The molecule has 2 rings (SSSR count). The van der Waals surface area contributed by atoms with Crippen molar-refractivity contribution >= 4 is 34.5 Å². The van der Waals surface area contributed by atoms with Crippen LogP contribution in [0, 0.1) is 11.3 Å². The van der Waals surface area contributed by atoms with Gasteiger partial charge >= 0.3 is 0 Å². The number of ketones is 2. The van der Waals surface area contributed by atoms with Crippen LogP contribution >= 0.6 is 12.2 Å². The van der Waals surface area contributed by atoms with Gasteiger partial charge in [-0.2, -0.15) is 0 Å². The number of thiocarbonyl (C=S) groups is 1. The summed E-state index contributed by atoms with van der Waals surface area (Å²) >= 11 is 5.23. The van der Waals surface area contributed by atoms with E-state index in [-0.39, 0.29) is 17.0 Å². The Labute approximate surface area is 118 Å². The number of para-hydroxylation sites is 1. The second kappa shape index (κ2) is 5.21. The molecule has 0 bridgehead atoms. The molecule has 0 amide bonds. The summed E-state index contributed by atoms with van der Waals surface area (Å²) in [6.45, 7) is 3.87. The number of anilines is 1. The van der Waals surface area contributed by atoms with Gasteiger partial charge < -0.3 is 5.32 Å². The van der Waals surface area contributed by atoms with E-state index < -0.39 is 5.92 Å². The molecule has 100 valence electrons. The summed E-state index contributed by atoms with van der Waals surface area (Å²) in [6, 6.07) is 9.35. The third-order valence-electron chi connectivity index (χ3n) is 3.25. The fourth-order valence-corrected chi connectivity index (χ4v) is 2.80. The molecule has 3 nitrogen and oxygen atoms in total. The van der Waals surface area contributed by atoms with Crippen molar-refractivity contribution in [3.63, 3.8) is 0 Å². The molecule has 0 unspecified atom stereocenters. The van der Waals surface area contributed by atoms with Crippen LogP contribution in [0.4, 0.5) is 5.69 Å². The van der Waals surface area contributed by atoms with Crippen LogP contribution in [0.2, 0.25) is 0 Å². The first-order valence-corrected chi connectivity index (χ1v) is 6.71. The van der Waals surface area contributed by atoms with Crippen molar-refractivity contribution in [2.75, 3.05) is 5.32 Å². The number of hydrogen-bond acceptors (Lipinski definition) is 3. The van der Waals surface area contributed by atoms with Crippen molar-refractivity contribution in [3.05, 3.63) is 30.3 Å². The van der Waals surface area contributed by atoms with E-state index in [9.17, 15) is 9.59 Å². The number of benzene rings is 1. The zero-order valence-corrected chi connectivity index (χ0v) is 11.9. The molecular formula is C15H17NO2S. The molecule has 4 heteroatoms. The minimum absolute atomic E-state index is 0.0744. The Morgan fingerprint density at radius 1 is 1.16 bits per heavy atom. The summed E-state index contributed by atoms with van der Waals surface area (Å²) in [6.07, 6.45) is 0.806. The molecule has 0 aliphatic heterocycles. The molecule has 0 atom stereocenters. The average Bonchev–Trinajstić information content (AvgIpc) is 2.27. The van der Waals surface area contributed by atoms with Crippen LogP contribution in [0.1, 0.15) is 26.7 Å². The molecule has 0 radical (unpaired) electrons. The van der Waals surface area contributed by atoms with Gasteiger partial charge in [0, 0.05) is 18.5 Å². The lowest BCUT2D eigenvalue weighted by Crippen LogP contribution is -2.43. The maximum atomic E-state index is 12.1. The molecule has 0 aromatic heterocycles. The van der Waals surface area contributed by atoms with E-state index in [4.69, 9.17) is 12.2 Å². The summed E-state index contributed by atoms with van der Waals surface area (Å²) in [5, 5.41) is 2.99. The zero-order chi connectivity index (χ0) is 14.0. The van der Waals surface area contributed by atoms with Crippen LogP contribution in [-0.4, -0.2) is 16.6 Å². The molecule has 1 N–H and O–H groups in total. The van der Waals surface area contributed by atoms with Gasteiger partial charge in [-0.1, -0.05) is 44.3 Å².